The van der Waals surface area contributed by atoms with Crippen LogP contribution in [0.15, 0.2) is 36.5 Å². The number of aromatic nitrogens is 3. The molecule has 2 aromatic heterocycles. The lowest BCUT2D eigenvalue weighted by Crippen LogP contribution is -2.23. The highest BCUT2D eigenvalue weighted by molar-refractivity contribution is 5.92. The van der Waals surface area contributed by atoms with Crippen molar-refractivity contribution >= 4 is 23.0 Å². The van der Waals surface area contributed by atoms with Crippen molar-refractivity contribution in [2.24, 2.45) is 0 Å². The van der Waals surface area contributed by atoms with Gasteiger partial charge in [0.2, 0.25) is 11.9 Å². The van der Waals surface area contributed by atoms with Crippen LogP contribution in [-0.2, 0) is 17.4 Å². The first kappa shape index (κ1) is 18.4. The predicted octanol–water partition coefficient (Wildman–Crippen LogP) is 4.50. The number of benzene rings is 1. The molecule has 0 atom stereocenters. The Labute approximate surface area is 157 Å². The Kier molecular flexibility index (Phi) is 4.52. The van der Waals surface area contributed by atoms with Gasteiger partial charge in [-0.15, -0.1) is 0 Å². The van der Waals surface area contributed by atoms with Crippen molar-refractivity contribution in [1.29, 1.82) is 0 Å². The number of imidazole rings is 1. The smallest absolute Gasteiger partial charge is 0.296 e. The molecule has 0 aliphatic heterocycles. The molecule has 1 saturated carbocycles. The summed E-state index contributed by atoms with van der Waals surface area (Å²) in [5.41, 5.74) is 0.124. The molecule has 0 spiro atoms. The van der Waals surface area contributed by atoms with Crippen LogP contribution in [0.2, 0.25) is 0 Å². The van der Waals surface area contributed by atoms with Gasteiger partial charge in [-0.3, -0.25) is 14.7 Å². The first-order chi connectivity index (χ1) is 13.3. The lowest BCUT2D eigenvalue weighted by molar-refractivity contribution is -0.137. The van der Waals surface area contributed by atoms with Gasteiger partial charge in [0.05, 0.1) is 12.0 Å². The molecule has 146 valence electrons. The molecular weight excluding hydrogens is 376 g/mol. The average molecular weight is 392 g/mol. The lowest BCUT2D eigenvalue weighted by atomic mass is 9.93. The SMILES string of the molecule is O=C(Cc1ccc(F)cc1)Nc1nc2cc(C(F)(F)F)cnc2n1C1CCC1. The second-order valence-electron chi connectivity index (χ2n) is 6.81. The number of hydrogen-bond donors (Lipinski definition) is 1. The number of halogens is 4. The zero-order valence-electron chi connectivity index (χ0n) is 14.6. The Hall–Kier alpha value is -2.97. The van der Waals surface area contributed by atoms with Crippen LogP contribution in [0, 0.1) is 5.82 Å². The molecule has 0 saturated heterocycles. The quantitative estimate of drug-likeness (QED) is 0.666. The Balaban J connectivity index is 1.64. The van der Waals surface area contributed by atoms with E-state index in [1.54, 1.807) is 4.57 Å². The highest BCUT2D eigenvalue weighted by Gasteiger charge is 2.33. The van der Waals surface area contributed by atoms with E-state index in [9.17, 15) is 22.4 Å². The fraction of sp³-hybridized carbons (Fsp3) is 0.316. The number of pyridine rings is 1. The topological polar surface area (TPSA) is 59.8 Å². The Morgan fingerprint density at radius 1 is 1.21 bits per heavy atom. The van der Waals surface area contributed by atoms with Gasteiger partial charge in [0.25, 0.3) is 0 Å². The van der Waals surface area contributed by atoms with Gasteiger partial charge in [-0.2, -0.15) is 13.2 Å². The van der Waals surface area contributed by atoms with Crippen LogP contribution in [0.3, 0.4) is 0 Å². The van der Waals surface area contributed by atoms with Gasteiger partial charge in [0.15, 0.2) is 5.65 Å². The number of fused-ring (bicyclic) bond motifs is 1. The van der Waals surface area contributed by atoms with Gasteiger partial charge in [0.1, 0.15) is 11.3 Å². The molecule has 5 nitrogen and oxygen atoms in total. The van der Waals surface area contributed by atoms with Gasteiger partial charge in [-0.25, -0.2) is 14.4 Å². The van der Waals surface area contributed by atoms with E-state index in [0.29, 0.717) is 11.2 Å². The molecule has 0 bridgehead atoms. The highest BCUT2D eigenvalue weighted by Crippen LogP contribution is 2.38. The molecule has 9 heteroatoms. The molecule has 3 aromatic rings. The van der Waals surface area contributed by atoms with E-state index in [-0.39, 0.29) is 23.9 Å². The lowest BCUT2D eigenvalue weighted by Gasteiger charge is -2.28. The van der Waals surface area contributed by atoms with E-state index in [0.717, 1.165) is 31.5 Å². The number of anilines is 1. The minimum Gasteiger partial charge on any atom is -0.296 e. The van der Waals surface area contributed by atoms with Gasteiger partial charge in [-0.1, -0.05) is 12.1 Å². The van der Waals surface area contributed by atoms with E-state index in [2.05, 4.69) is 15.3 Å². The number of nitrogens with zero attached hydrogens (tertiary/aromatic N) is 3. The maximum Gasteiger partial charge on any atom is 0.417 e. The number of alkyl halides is 3. The normalized spacial score (nSPS) is 14.9. The first-order valence-corrected chi connectivity index (χ1v) is 8.81. The molecule has 2 heterocycles. The van der Waals surface area contributed by atoms with Crippen molar-refractivity contribution in [3.05, 3.63) is 53.5 Å². The zero-order valence-corrected chi connectivity index (χ0v) is 14.6. The van der Waals surface area contributed by atoms with E-state index < -0.39 is 23.5 Å². The summed E-state index contributed by atoms with van der Waals surface area (Å²) in [6.07, 6.45) is -1.07. The highest BCUT2D eigenvalue weighted by atomic mass is 19.4. The van der Waals surface area contributed by atoms with Crippen LogP contribution in [0.4, 0.5) is 23.5 Å². The summed E-state index contributed by atoms with van der Waals surface area (Å²) in [4.78, 5) is 20.5. The van der Waals surface area contributed by atoms with E-state index in [1.807, 2.05) is 0 Å². The summed E-state index contributed by atoms with van der Waals surface area (Å²) in [6, 6.07) is 6.49. The molecule has 4 rings (SSSR count). The van der Waals surface area contributed by atoms with Crippen molar-refractivity contribution in [1.82, 2.24) is 14.5 Å². The summed E-state index contributed by atoms with van der Waals surface area (Å²) in [5, 5.41) is 2.67. The minimum absolute atomic E-state index is 0.00458. The fourth-order valence-electron chi connectivity index (χ4n) is 3.17. The Morgan fingerprint density at radius 3 is 2.54 bits per heavy atom. The number of rotatable bonds is 4. The van der Waals surface area contributed by atoms with E-state index in [1.165, 1.54) is 24.3 Å². The molecular formula is C19H16F4N4O. The van der Waals surface area contributed by atoms with Crippen molar-refractivity contribution < 1.29 is 22.4 Å². The maximum absolute atomic E-state index is 13.0. The average Bonchev–Trinajstić information content (AvgIpc) is 2.92. The van der Waals surface area contributed by atoms with Crippen LogP contribution in [0.5, 0.6) is 0 Å². The molecule has 0 radical (unpaired) electrons. The first-order valence-electron chi connectivity index (χ1n) is 8.81. The molecule has 0 unspecified atom stereocenters. The number of carbonyl (C=O) groups is 1. The summed E-state index contributed by atoms with van der Waals surface area (Å²) < 4.78 is 53.6. The van der Waals surface area contributed by atoms with Crippen LogP contribution < -0.4 is 5.32 Å². The van der Waals surface area contributed by atoms with Crippen molar-refractivity contribution in [2.45, 2.75) is 37.9 Å². The molecule has 1 fully saturated rings. The summed E-state index contributed by atoms with van der Waals surface area (Å²) in [6.45, 7) is 0. The second-order valence-corrected chi connectivity index (χ2v) is 6.81. The van der Waals surface area contributed by atoms with Gasteiger partial charge in [-0.05, 0) is 43.0 Å². The van der Waals surface area contributed by atoms with Crippen LogP contribution in [0.1, 0.15) is 36.4 Å². The molecule has 1 amide bonds. The van der Waals surface area contributed by atoms with Crippen molar-refractivity contribution in [2.75, 3.05) is 5.32 Å². The van der Waals surface area contributed by atoms with Crippen molar-refractivity contribution in [3.8, 4) is 0 Å². The van der Waals surface area contributed by atoms with Gasteiger partial charge >= 0.3 is 6.18 Å². The third kappa shape index (κ3) is 3.56. The Bertz CT molecular complexity index is 1020. The molecule has 28 heavy (non-hydrogen) atoms. The molecule has 1 N–H and O–H groups in total. The number of amides is 1. The second kappa shape index (κ2) is 6.88. The number of nitrogens with one attached hydrogen (secondary N) is 1. The monoisotopic (exact) mass is 392 g/mol. The molecule has 1 aliphatic carbocycles. The van der Waals surface area contributed by atoms with E-state index >= 15 is 0 Å². The molecule has 1 aromatic carbocycles. The van der Waals surface area contributed by atoms with Crippen LogP contribution >= 0.6 is 0 Å². The maximum atomic E-state index is 13.0. The van der Waals surface area contributed by atoms with E-state index in [4.69, 9.17) is 0 Å². The third-order valence-electron chi connectivity index (χ3n) is 4.83. The van der Waals surface area contributed by atoms with Crippen LogP contribution in [0.25, 0.3) is 11.2 Å². The summed E-state index contributed by atoms with van der Waals surface area (Å²) in [7, 11) is 0. The third-order valence-corrected chi connectivity index (χ3v) is 4.83. The minimum atomic E-state index is -4.52. The van der Waals surface area contributed by atoms with Gasteiger partial charge < -0.3 is 0 Å². The predicted molar refractivity (Wildman–Crippen MR) is 94.2 cm³/mol. The molecule has 1 aliphatic rings. The summed E-state index contributed by atoms with van der Waals surface area (Å²) in [5.74, 6) is -0.611. The standard InChI is InChI=1S/C19H16F4N4O/c20-13-6-4-11(5-7-13)8-16(28)26-18-25-15-9-12(19(21,22)23)10-24-17(15)27(18)14-2-1-3-14/h4-7,9-10,14H,1-3,8H2,(H,25,26,28). The summed E-state index contributed by atoms with van der Waals surface area (Å²) >= 11 is 0. The van der Waals surface area contributed by atoms with Crippen LogP contribution in [-0.4, -0.2) is 20.4 Å². The largest absolute Gasteiger partial charge is 0.417 e. The Morgan fingerprint density at radius 2 is 1.93 bits per heavy atom. The van der Waals surface area contributed by atoms with Gasteiger partial charge in [0, 0.05) is 12.2 Å². The number of hydrogen-bond acceptors (Lipinski definition) is 3. The fourth-order valence-corrected chi connectivity index (χ4v) is 3.17. The number of carbonyl (C=O) groups excluding carboxylic acids is 1. The van der Waals surface area contributed by atoms with Crippen molar-refractivity contribution in [3.63, 3.8) is 0 Å². The zero-order chi connectivity index (χ0) is 19.9.